The van der Waals surface area contributed by atoms with Crippen LogP contribution in [0.2, 0.25) is 0 Å². The van der Waals surface area contributed by atoms with E-state index in [1.165, 1.54) is 0 Å². The number of thioether (sulfide) groups is 1. The standard InChI is InChI=1S/C11H16N2O2S/c1-2-5-16-8-11(15)13-10-6-12-4-3-9(10)7-14/h3-4,6,14H,2,5,7-8H2,1H3,(H,13,15). The van der Waals surface area contributed by atoms with E-state index in [0.29, 0.717) is 17.0 Å². The molecule has 1 heterocycles. The van der Waals surface area contributed by atoms with Crippen molar-refractivity contribution in [1.82, 2.24) is 4.98 Å². The fraction of sp³-hybridized carbons (Fsp3) is 0.455. The van der Waals surface area contributed by atoms with Crippen LogP contribution in [-0.4, -0.2) is 27.5 Å². The fourth-order valence-corrected chi connectivity index (χ4v) is 1.86. The first kappa shape index (κ1) is 13.0. The molecule has 0 aliphatic rings. The summed E-state index contributed by atoms with van der Waals surface area (Å²) in [6.45, 7) is 1.98. The largest absolute Gasteiger partial charge is 0.392 e. The molecule has 1 rings (SSSR count). The molecule has 88 valence electrons. The second-order valence-electron chi connectivity index (χ2n) is 3.29. The van der Waals surface area contributed by atoms with Crippen molar-refractivity contribution in [3.8, 4) is 0 Å². The first-order valence-corrected chi connectivity index (χ1v) is 6.34. The number of hydrogen-bond donors (Lipinski definition) is 2. The number of carbonyl (C=O) groups excluding carboxylic acids is 1. The van der Waals surface area contributed by atoms with E-state index in [4.69, 9.17) is 5.11 Å². The molecule has 5 heteroatoms. The number of pyridine rings is 1. The maximum atomic E-state index is 11.5. The highest BCUT2D eigenvalue weighted by Crippen LogP contribution is 2.13. The lowest BCUT2D eigenvalue weighted by atomic mass is 10.2. The van der Waals surface area contributed by atoms with Gasteiger partial charge in [-0.05, 0) is 18.2 Å². The van der Waals surface area contributed by atoms with Gasteiger partial charge >= 0.3 is 0 Å². The molecule has 0 saturated heterocycles. The van der Waals surface area contributed by atoms with Crippen LogP contribution >= 0.6 is 11.8 Å². The Hall–Kier alpha value is -1.07. The number of nitrogens with zero attached hydrogens (tertiary/aromatic N) is 1. The second-order valence-corrected chi connectivity index (χ2v) is 4.40. The molecule has 0 radical (unpaired) electrons. The third kappa shape index (κ3) is 4.20. The van der Waals surface area contributed by atoms with Gasteiger partial charge in [-0.2, -0.15) is 11.8 Å². The first-order chi connectivity index (χ1) is 7.77. The van der Waals surface area contributed by atoms with Gasteiger partial charge in [0.05, 0.1) is 24.2 Å². The number of carbonyl (C=O) groups is 1. The van der Waals surface area contributed by atoms with E-state index in [9.17, 15) is 4.79 Å². The van der Waals surface area contributed by atoms with Crippen molar-refractivity contribution in [2.45, 2.75) is 20.0 Å². The summed E-state index contributed by atoms with van der Waals surface area (Å²) in [5.41, 5.74) is 1.27. The Morgan fingerprint density at radius 2 is 2.44 bits per heavy atom. The van der Waals surface area contributed by atoms with Gasteiger partial charge in [0.25, 0.3) is 0 Å². The molecule has 16 heavy (non-hydrogen) atoms. The zero-order valence-electron chi connectivity index (χ0n) is 9.27. The van der Waals surface area contributed by atoms with Crippen molar-refractivity contribution >= 4 is 23.4 Å². The highest BCUT2D eigenvalue weighted by molar-refractivity contribution is 7.99. The minimum absolute atomic E-state index is 0.0545. The summed E-state index contributed by atoms with van der Waals surface area (Å²) in [5.74, 6) is 1.36. The lowest BCUT2D eigenvalue weighted by Crippen LogP contribution is -2.15. The van der Waals surface area contributed by atoms with Crippen LogP contribution < -0.4 is 5.32 Å². The number of rotatable bonds is 6. The monoisotopic (exact) mass is 240 g/mol. The number of aliphatic hydroxyl groups is 1. The van der Waals surface area contributed by atoms with E-state index in [1.54, 1.807) is 30.2 Å². The van der Waals surface area contributed by atoms with Crippen LogP contribution in [0.4, 0.5) is 5.69 Å². The number of anilines is 1. The Balaban J connectivity index is 2.49. The maximum Gasteiger partial charge on any atom is 0.234 e. The number of aromatic nitrogens is 1. The molecule has 0 spiro atoms. The maximum absolute atomic E-state index is 11.5. The Kier molecular flexibility index (Phi) is 5.88. The van der Waals surface area contributed by atoms with Gasteiger partial charge in [-0.1, -0.05) is 6.92 Å². The molecule has 0 fully saturated rings. The fourth-order valence-electron chi connectivity index (χ4n) is 1.17. The van der Waals surface area contributed by atoms with Gasteiger partial charge in [-0.3, -0.25) is 9.78 Å². The van der Waals surface area contributed by atoms with Gasteiger partial charge in [0, 0.05) is 11.8 Å². The zero-order chi connectivity index (χ0) is 11.8. The van der Waals surface area contributed by atoms with Gasteiger partial charge in [-0.25, -0.2) is 0 Å². The van der Waals surface area contributed by atoms with E-state index in [0.717, 1.165) is 12.2 Å². The summed E-state index contributed by atoms with van der Waals surface area (Å²) in [6, 6.07) is 1.69. The van der Waals surface area contributed by atoms with E-state index in [-0.39, 0.29) is 12.5 Å². The van der Waals surface area contributed by atoms with Crippen molar-refractivity contribution in [3.05, 3.63) is 24.0 Å². The van der Waals surface area contributed by atoms with Gasteiger partial charge in [-0.15, -0.1) is 0 Å². The first-order valence-electron chi connectivity index (χ1n) is 5.19. The average molecular weight is 240 g/mol. The molecule has 0 atom stereocenters. The van der Waals surface area contributed by atoms with Gasteiger partial charge < -0.3 is 10.4 Å². The SMILES string of the molecule is CCCSCC(=O)Nc1cnccc1CO. The highest BCUT2D eigenvalue weighted by atomic mass is 32.2. The van der Waals surface area contributed by atoms with Crippen LogP contribution in [0.5, 0.6) is 0 Å². The third-order valence-corrected chi connectivity index (χ3v) is 3.10. The van der Waals surface area contributed by atoms with Crippen molar-refractivity contribution in [2.75, 3.05) is 16.8 Å². The molecule has 4 nitrogen and oxygen atoms in total. The highest BCUT2D eigenvalue weighted by Gasteiger charge is 2.05. The quantitative estimate of drug-likeness (QED) is 0.742. The molecule has 0 aliphatic carbocycles. The van der Waals surface area contributed by atoms with E-state index >= 15 is 0 Å². The van der Waals surface area contributed by atoms with Crippen LogP contribution in [0.15, 0.2) is 18.5 Å². The molecule has 0 aromatic carbocycles. The summed E-state index contributed by atoms with van der Waals surface area (Å²) in [6.07, 6.45) is 4.20. The summed E-state index contributed by atoms with van der Waals surface area (Å²) in [4.78, 5) is 15.4. The minimum atomic E-state index is -0.0970. The van der Waals surface area contributed by atoms with E-state index < -0.39 is 0 Å². The van der Waals surface area contributed by atoms with Crippen LogP contribution in [0.3, 0.4) is 0 Å². The smallest absolute Gasteiger partial charge is 0.234 e. The molecule has 0 unspecified atom stereocenters. The van der Waals surface area contributed by atoms with Crippen molar-refractivity contribution in [2.24, 2.45) is 0 Å². The molecule has 2 N–H and O–H groups in total. The predicted molar refractivity (Wildman–Crippen MR) is 66.4 cm³/mol. The Labute approximate surface area is 99.5 Å². The molecule has 0 aliphatic heterocycles. The normalized spacial score (nSPS) is 10.1. The van der Waals surface area contributed by atoms with E-state index in [1.807, 2.05) is 0 Å². The number of amides is 1. The summed E-state index contributed by atoms with van der Waals surface area (Å²) in [5, 5.41) is 11.8. The molecule has 0 bridgehead atoms. The molecule has 0 saturated carbocycles. The van der Waals surface area contributed by atoms with Crippen LogP contribution in [0.1, 0.15) is 18.9 Å². The number of hydrogen-bond acceptors (Lipinski definition) is 4. The lowest BCUT2D eigenvalue weighted by Gasteiger charge is -2.08. The average Bonchev–Trinajstić information content (AvgIpc) is 2.30. The van der Waals surface area contributed by atoms with Gasteiger partial charge in [0.15, 0.2) is 0 Å². The van der Waals surface area contributed by atoms with Crippen molar-refractivity contribution in [1.29, 1.82) is 0 Å². The van der Waals surface area contributed by atoms with Crippen LogP contribution in [-0.2, 0) is 11.4 Å². The summed E-state index contributed by atoms with van der Waals surface area (Å²) in [7, 11) is 0. The van der Waals surface area contributed by atoms with E-state index in [2.05, 4.69) is 17.2 Å². The Morgan fingerprint density at radius 1 is 1.62 bits per heavy atom. The number of aliphatic hydroxyl groups excluding tert-OH is 1. The molecule has 1 aromatic heterocycles. The molecular formula is C11H16N2O2S. The van der Waals surface area contributed by atoms with Gasteiger partial charge in [0.2, 0.25) is 5.91 Å². The zero-order valence-corrected chi connectivity index (χ0v) is 10.1. The number of nitrogens with one attached hydrogen (secondary N) is 1. The Bertz CT molecular complexity index is 345. The molecule has 1 amide bonds. The van der Waals surface area contributed by atoms with Crippen molar-refractivity contribution < 1.29 is 9.90 Å². The second kappa shape index (κ2) is 7.24. The summed E-state index contributed by atoms with van der Waals surface area (Å²) < 4.78 is 0. The molecular weight excluding hydrogens is 224 g/mol. The lowest BCUT2D eigenvalue weighted by molar-refractivity contribution is -0.113. The Morgan fingerprint density at radius 3 is 3.12 bits per heavy atom. The van der Waals surface area contributed by atoms with Crippen LogP contribution in [0, 0.1) is 0 Å². The topological polar surface area (TPSA) is 62.2 Å². The third-order valence-electron chi connectivity index (χ3n) is 1.94. The van der Waals surface area contributed by atoms with Crippen LogP contribution in [0.25, 0.3) is 0 Å². The van der Waals surface area contributed by atoms with Crippen molar-refractivity contribution in [3.63, 3.8) is 0 Å². The minimum Gasteiger partial charge on any atom is -0.392 e. The molecule has 1 aromatic rings. The summed E-state index contributed by atoms with van der Waals surface area (Å²) >= 11 is 1.60. The predicted octanol–water partition coefficient (Wildman–Crippen LogP) is 1.66. The van der Waals surface area contributed by atoms with Gasteiger partial charge in [0.1, 0.15) is 0 Å².